The highest BCUT2D eigenvalue weighted by Gasteiger charge is 2.20. The second kappa shape index (κ2) is 6.55. The third-order valence-electron chi connectivity index (χ3n) is 4.25. The molecule has 0 saturated heterocycles. The minimum absolute atomic E-state index is 0.284. The normalized spacial score (nSPS) is 10.4. The Labute approximate surface area is 142 Å². The van der Waals surface area contributed by atoms with Crippen molar-refractivity contribution in [3.05, 3.63) is 71.3 Å². The van der Waals surface area contributed by atoms with Crippen LogP contribution in [0.4, 0.5) is 5.82 Å². The zero-order chi connectivity index (χ0) is 17.1. The topological polar surface area (TPSA) is 62.7 Å². The summed E-state index contributed by atoms with van der Waals surface area (Å²) < 4.78 is 0. The first-order valence-electron chi connectivity index (χ1n) is 8.01. The quantitative estimate of drug-likeness (QED) is 0.759. The summed E-state index contributed by atoms with van der Waals surface area (Å²) in [6, 6.07) is 20.3. The van der Waals surface area contributed by atoms with Crippen LogP contribution in [-0.4, -0.2) is 4.98 Å². The molecule has 3 nitrogen and oxygen atoms in total. The van der Waals surface area contributed by atoms with Crippen LogP contribution < -0.4 is 5.73 Å². The lowest BCUT2D eigenvalue weighted by Gasteiger charge is -2.18. The molecule has 0 radical (unpaired) electrons. The maximum atomic E-state index is 9.66. The highest BCUT2D eigenvalue weighted by atomic mass is 14.9. The van der Waals surface area contributed by atoms with Gasteiger partial charge in [-0.3, -0.25) is 0 Å². The number of nitrogen functional groups attached to an aromatic ring is 1. The van der Waals surface area contributed by atoms with E-state index in [1.54, 1.807) is 0 Å². The lowest BCUT2D eigenvalue weighted by atomic mass is 9.89. The Morgan fingerprint density at radius 2 is 1.71 bits per heavy atom. The molecule has 3 heteroatoms. The summed E-state index contributed by atoms with van der Waals surface area (Å²) >= 11 is 0. The first-order chi connectivity index (χ1) is 11.7. The molecular weight excluding hydrogens is 294 g/mol. The van der Waals surface area contributed by atoms with Crippen LogP contribution in [0, 0.1) is 18.3 Å². The van der Waals surface area contributed by atoms with Gasteiger partial charge in [-0.15, -0.1) is 0 Å². The van der Waals surface area contributed by atoms with Crippen molar-refractivity contribution >= 4 is 5.82 Å². The summed E-state index contributed by atoms with van der Waals surface area (Å²) in [5.74, 6) is 0.284. The number of nitriles is 1. The van der Waals surface area contributed by atoms with E-state index < -0.39 is 0 Å². The van der Waals surface area contributed by atoms with Crippen LogP contribution >= 0.6 is 0 Å². The van der Waals surface area contributed by atoms with Crippen molar-refractivity contribution in [2.24, 2.45) is 0 Å². The maximum absolute atomic E-state index is 9.66. The van der Waals surface area contributed by atoms with Gasteiger partial charge in [-0.2, -0.15) is 5.26 Å². The van der Waals surface area contributed by atoms with Crippen molar-refractivity contribution in [3.63, 3.8) is 0 Å². The summed E-state index contributed by atoms with van der Waals surface area (Å²) in [6.07, 6.45) is 0.774. The predicted octanol–water partition coefficient (Wildman–Crippen LogP) is 4.74. The maximum Gasteiger partial charge on any atom is 0.142 e. The van der Waals surface area contributed by atoms with Crippen molar-refractivity contribution in [1.29, 1.82) is 5.26 Å². The number of rotatable bonds is 3. The Hall–Kier alpha value is -3.12. The van der Waals surface area contributed by atoms with Gasteiger partial charge in [0.25, 0.3) is 0 Å². The molecule has 0 spiro atoms. The fourth-order valence-electron chi connectivity index (χ4n) is 3.08. The van der Waals surface area contributed by atoms with E-state index >= 15 is 0 Å². The Morgan fingerprint density at radius 1 is 1.04 bits per heavy atom. The van der Waals surface area contributed by atoms with Crippen molar-refractivity contribution in [2.75, 3.05) is 5.73 Å². The number of nitrogens with two attached hydrogens (primary N) is 1. The molecule has 3 aromatic rings. The second-order valence-electron chi connectivity index (χ2n) is 5.72. The van der Waals surface area contributed by atoms with Crippen molar-refractivity contribution < 1.29 is 0 Å². The zero-order valence-corrected chi connectivity index (χ0v) is 13.9. The Kier molecular flexibility index (Phi) is 4.31. The molecule has 24 heavy (non-hydrogen) atoms. The fourth-order valence-corrected chi connectivity index (χ4v) is 3.08. The zero-order valence-electron chi connectivity index (χ0n) is 13.9. The van der Waals surface area contributed by atoms with Crippen LogP contribution in [0.15, 0.2) is 54.6 Å². The van der Waals surface area contributed by atoms with Gasteiger partial charge in [0.15, 0.2) is 0 Å². The molecule has 3 rings (SSSR count). The molecule has 0 fully saturated rings. The molecule has 0 bridgehead atoms. The number of hydrogen-bond donors (Lipinski definition) is 1. The van der Waals surface area contributed by atoms with Crippen LogP contribution in [0.5, 0.6) is 0 Å². The minimum atomic E-state index is 0.284. The molecule has 0 aliphatic heterocycles. The number of benzene rings is 2. The minimum Gasteiger partial charge on any atom is -0.383 e. The molecule has 1 aromatic heterocycles. The lowest BCUT2D eigenvalue weighted by Crippen LogP contribution is -2.05. The smallest absolute Gasteiger partial charge is 0.142 e. The number of anilines is 1. The van der Waals surface area contributed by atoms with E-state index in [0.717, 1.165) is 39.9 Å². The fraction of sp³-hybridized carbons (Fsp3) is 0.143. The summed E-state index contributed by atoms with van der Waals surface area (Å²) in [6.45, 7) is 4.14. The largest absolute Gasteiger partial charge is 0.383 e. The molecule has 0 amide bonds. The summed E-state index contributed by atoms with van der Waals surface area (Å²) in [4.78, 5) is 4.56. The standard InChI is InChI=1S/C21H19N3/c1-3-16-19(17-12-8-7-9-14(17)2)18(13-22)21(23)24-20(16)15-10-5-4-6-11-15/h4-12H,3H2,1-2H3,(H2,23,24). The van der Waals surface area contributed by atoms with Gasteiger partial charge in [0.2, 0.25) is 0 Å². The molecule has 0 atom stereocenters. The highest BCUT2D eigenvalue weighted by Crippen LogP contribution is 2.37. The molecule has 2 N–H and O–H groups in total. The number of aromatic nitrogens is 1. The van der Waals surface area contributed by atoms with E-state index in [2.05, 4.69) is 31.0 Å². The van der Waals surface area contributed by atoms with Crippen LogP contribution in [0.2, 0.25) is 0 Å². The number of aryl methyl sites for hydroxylation is 1. The van der Waals surface area contributed by atoms with Crippen LogP contribution in [0.3, 0.4) is 0 Å². The van der Waals surface area contributed by atoms with Crippen molar-refractivity contribution in [2.45, 2.75) is 20.3 Å². The first-order valence-corrected chi connectivity index (χ1v) is 8.01. The predicted molar refractivity (Wildman–Crippen MR) is 98.4 cm³/mol. The molecule has 0 unspecified atom stereocenters. The number of pyridine rings is 1. The molecular formula is C21H19N3. The third kappa shape index (κ3) is 2.63. The van der Waals surface area contributed by atoms with E-state index in [0.29, 0.717) is 5.56 Å². The van der Waals surface area contributed by atoms with Crippen LogP contribution in [0.1, 0.15) is 23.6 Å². The Balaban J connectivity index is 2.41. The average Bonchev–Trinajstić information content (AvgIpc) is 2.62. The average molecular weight is 313 g/mol. The van der Waals surface area contributed by atoms with Gasteiger partial charge >= 0.3 is 0 Å². The molecule has 2 aromatic carbocycles. The molecule has 0 aliphatic carbocycles. The summed E-state index contributed by atoms with van der Waals surface area (Å²) in [5, 5.41) is 9.66. The van der Waals surface area contributed by atoms with Gasteiger partial charge in [0.1, 0.15) is 17.5 Å². The molecule has 0 aliphatic rings. The monoisotopic (exact) mass is 313 g/mol. The van der Waals surface area contributed by atoms with E-state index in [9.17, 15) is 5.26 Å². The van der Waals surface area contributed by atoms with Crippen molar-refractivity contribution in [3.8, 4) is 28.5 Å². The van der Waals surface area contributed by atoms with Crippen molar-refractivity contribution in [1.82, 2.24) is 4.98 Å². The number of nitrogens with zero attached hydrogens (tertiary/aromatic N) is 2. The van der Waals surface area contributed by atoms with E-state index in [1.807, 2.05) is 48.5 Å². The Bertz CT molecular complexity index is 922. The molecule has 118 valence electrons. The van der Waals surface area contributed by atoms with Gasteiger partial charge in [0.05, 0.1) is 5.69 Å². The van der Waals surface area contributed by atoms with Gasteiger partial charge < -0.3 is 5.73 Å². The SMILES string of the molecule is CCc1c(-c2ccccc2)nc(N)c(C#N)c1-c1ccccc1C. The first kappa shape index (κ1) is 15.8. The number of hydrogen-bond acceptors (Lipinski definition) is 3. The second-order valence-corrected chi connectivity index (χ2v) is 5.72. The van der Waals surface area contributed by atoms with E-state index in [-0.39, 0.29) is 5.82 Å². The summed E-state index contributed by atoms with van der Waals surface area (Å²) in [7, 11) is 0. The van der Waals surface area contributed by atoms with E-state index in [4.69, 9.17) is 5.73 Å². The highest BCUT2D eigenvalue weighted by molar-refractivity contribution is 5.85. The van der Waals surface area contributed by atoms with Gasteiger partial charge in [-0.05, 0) is 30.0 Å². The summed E-state index contributed by atoms with van der Waals surface area (Å²) in [5.41, 5.74) is 12.6. The van der Waals surface area contributed by atoms with E-state index in [1.165, 1.54) is 0 Å². The molecule has 1 heterocycles. The molecule has 0 saturated carbocycles. The van der Waals surface area contributed by atoms with Gasteiger partial charge in [0, 0.05) is 11.1 Å². The third-order valence-corrected chi connectivity index (χ3v) is 4.25. The van der Waals surface area contributed by atoms with Gasteiger partial charge in [-0.25, -0.2) is 4.98 Å². The lowest BCUT2D eigenvalue weighted by molar-refractivity contribution is 1.11. The van der Waals surface area contributed by atoms with Gasteiger partial charge in [-0.1, -0.05) is 61.5 Å². The Morgan fingerprint density at radius 3 is 2.33 bits per heavy atom. The van der Waals surface area contributed by atoms with Crippen LogP contribution in [-0.2, 0) is 6.42 Å². The van der Waals surface area contributed by atoms with Crippen LogP contribution in [0.25, 0.3) is 22.4 Å².